The van der Waals surface area contributed by atoms with Crippen molar-refractivity contribution in [2.24, 2.45) is 11.8 Å². The van der Waals surface area contributed by atoms with Crippen LogP contribution in [-0.2, 0) is 14.6 Å². The van der Waals surface area contributed by atoms with Gasteiger partial charge in [0.05, 0.1) is 23.3 Å². The Morgan fingerprint density at radius 2 is 1.91 bits per heavy atom. The van der Waals surface area contributed by atoms with Crippen LogP contribution >= 0.6 is 0 Å². The van der Waals surface area contributed by atoms with Crippen molar-refractivity contribution in [3.8, 4) is 0 Å². The molecule has 1 heterocycles. The molecule has 0 spiro atoms. The predicted molar refractivity (Wildman–Crippen MR) is 75.0 cm³/mol. The first kappa shape index (κ1) is 17.5. The summed E-state index contributed by atoms with van der Waals surface area (Å²) in [5, 5.41) is 2.47. The molecule has 128 valence electrons. The number of sulfone groups is 1. The van der Waals surface area contributed by atoms with Crippen molar-refractivity contribution < 1.29 is 26.4 Å². The van der Waals surface area contributed by atoms with Gasteiger partial charge in [0.15, 0.2) is 9.84 Å². The van der Waals surface area contributed by atoms with E-state index in [0.29, 0.717) is 12.6 Å². The minimum Gasteiger partial charge on any atom is -0.355 e. The smallest absolute Gasteiger partial charge is 0.355 e. The van der Waals surface area contributed by atoms with E-state index in [1.807, 2.05) is 6.92 Å². The Balaban J connectivity index is 1.90. The van der Waals surface area contributed by atoms with Crippen molar-refractivity contribution >= 4 is 15.7 Å². The van der Waals surface area contributed by atoms with Gasteiger partial charge in [-0.3, -0.25) is 9.69 Å². The monoisotopic (exact) mass is 342 g/mol. The predicted octanol–water partition coefficient (Wildman–Crippen LogP) is 0.810. The van der Waals surface area contributed by atoms with Gasteiger partial charge in [0.25, 0.3) is 0 Å². The second-order valence-electron chi connectivity index (χ2n) is 5.98. The van der Waals surface area contributed by atoms with Crippen LogP contribution < -0.4 is 5.32 Å². The number of alkyl halides is 3. The van der Waals surface area contributed by atoms with Crippen LogP contribution in [-0.4, -0.2) is 62.6 Å². The zero-order chi connectivity index (χ0) is 16.5. The molecule has 5 nitrogen and oxygen atoms in total. The summed E-state index contributed by atoms with van der Waals surface area (Å²) in [6, 6.07) is 0.511. The van der Waals surface area contributed by atoms with Gasteiger partial charge < -0.3 is 5.32 Å². The van der Waals surface area contributed by atoms with Gasteiger partial charge in [0, 0.05) is 19.1 Å². The summed E-state index contributed by atoms with van der Waals surface area (Å²) in [5.41, 5.74) is 0. The minimum atomic E-state index is -4.67. The number of likely N-dealkylation sites (N-methyl/N-ethyl adjacent to an activating group) is 1. The van der Waals surface area contributed by atoms with Crippen molar-refractivity contribution in [1.29, 1.82) is 0 Å². The maximum atomic E-state index is 12.9. The molecule has 1 N–H and O–H groups in total. The molecule has 1 aliphatic carbocycles. The summed E-state index contributed by atoms with van der Waals surface area (Å²) in [7, 11) is -3.81. The molecule has 2 rings (SSSR count). The lowest BCUT2D eigenvalue weighted by Gasteiger charge is -2.22. The highest BCUT2D eigenvalue weighted by Crippen LogP contribution is 2.38. The first-order valence-electron chi connectivity index (χ1n) is 7.43. The molecular weight excluding hydrogens is 321 g/mol. The number of hydrogen-bond acceptors (Lipinski definition) is 4. The first-order valence-corrected chi connectivity index (χ1v) is 9.25. The number of halogens is 3. The molecule has 1 saturated heterocycles. The van der Waals surface area contributed by atoms with Gasteiger partial charge in [-0.1, -0.05) is 6.92 Å². The van der Waals surface area contributed by atoms with Gasteiger partial charge in [-0.05, 0) is 19.4 Å². The number of carbonyl (C=O) groups excluding carboxylic acids is 1. The van der Waals surface area contributed by atoms with E-state index in [4.69, 9.17) is 0 Å². The number of nitrogens with zero attached hydrogens (tertiary/aromatic N) is 1. The second kappa shape index (κ2) is 6.35. The van der Waals surface area contributed by atoms with Crippen LogP contribution in [0.3, 0.4) is 0 Å². The third kappa shape index (κ3) is 4.34. The lowest BCUT2D eigenvalue weighted by Crippen LogP contribution is -2.43. The van der Waals surface area contributed by atoms with Gasteiger partial charge in [0.1, 0.15) is 0 Å². The fourth-order valence-corrected chi connectivity index (χ4v) is 4.96. The summed E-state index contributed by atoms with van der Waals surface area (Å²) in [6.07, 6.45) is -2.45. The van der Waals surface area contributed by atoms with Crippen LogP contribution in [0, 0.1) is 11.8 Å². The lowest BCUT2D eigenvalue weighted by atomic mass is 9.94. The Morgan fingerprint density at radius 1 is 1.27 bits per heavy atom. The standard InChI is InChI=1S/C13H21F3N2O3S/c1-2-18(9-3-4-9)6-5-17-12(19)10-7-22(20,21)8-11(10)13(14,15)16/h9-11H,2-8H2,1H3,(H,17,19). The highest BCUT2D eigenvalue weighted by molar-refractivity contribution is 7.91. The van der Waals surface area contributed by atoms with Crippen molar-refractivity contribution in [3.63, 3.8) is 0 Å². The molecule has 0 aromatic carbocycles. The molecule has 0 radical (unpaired) electrons. The van der Waals surface area contributed by atoms with Crippen LogP contribution in [0.15, 0.2) is 0 Å². The van der Waals surface area contributed by atoms with Crippen molar-refractivity contribution in [2.75, 3.05) is 31.1 Å². The summed E-state index contributed by atoms with van der Waals surface area (Å²) in [5.74, 6) is -6.14. The average molecular weight is 342 g/mol. The summed E-state index contributed by atoms with van der Waals surface area (Å²) in [4.78, 5) is 14.1. The van der Waals surface area contributed by atoms with Crippen LogP contribution in [0.25, 0.3) is 0 Å². The maximum absolute atomic E-state index is 12.9. The van der Waals surface area contributed by atoms with Gasteiger partial charge in [-0.15, -0.1) is 0 Å². The fraction of sp³-hybridized carbons (Fsp3) is 0.923. The zero-order valence-electron chi connectivity index (χ0n) is 12.4. The van der Waals surface area contributed by atoms with Crippen LogP contribution in [0.2, 0.25) is 0 Å². The largest absolute Gasteiger partial charge is 0.393 e. The molecular formula is C13H21F3N2O3S. The first-order chi connectivity index (χ1) is 10.1. The van der Waals surface area contributed by atoms with Gasteiger partial charge in [0.2, 0.25) is 5.91 Å². The zero-order valence-corrected chi connectivity index (χ0v) is 13.2. The number of nitrogens with one attached hydrogen (secondary N) is 1. The molecule has 22 heavy (non-hydrogen) atoms. The number of hydrogen-bond donors (Lipinski definition) is 1. The van der Waals surface area contributed by atoms with Gasteiger partial charge >= 0.3 is 6.18 Å². The Labute approximate surface area is 128 Å². The van der Waals surface area contributed by atoms with Crippen molar-refractivity contribution in [2.45, 2.75) is 32.0 Å². The highest BCUT2D eigenvalue weighted by atomic mass is 32.2. The number of carbonyl (C=O) groups is 1. The Morgan fingerprint density at radius 3 is 2.41 bits per heavy atom. The van der Waals surface area contributed by atoms with E-state index >= 15 is 0 Å². The Kier molecular flexibility index (Phi) is 5.06. The Hall–Kier alpha value is -0.830. The molecule has 2 atom stereocenters. The van der Waals surface area contributed by atoms with Crippen LogP contribution in [0.4, 0.5) is 13.2 Å². The maximum Gasteiger partial charge on any atom is 0.393 e. The molecule has 0 bridgehead atoms. The highest BCUT2D eigenvalue weighted by Gasteiger charge is 2.55. The number of amides is 1. The molecule has 2 unspecified atom stereocenters. The quantitative estimate of drug-likeness (QED) is 0.776. The summed E-state index contributed by atoms with van der Waals surface area (Å²) >= 11 is 0. The third-order valence-corrected chi connectivity index (χ3v) is 6.01. The fourth-order valence-electron chi connectivity index (χ4n) is 2.92. The van der Waals surface area contributed by atoms with Gasteiger partial charge in [-0.2, -0.15) is 13.2 Å². The SMILES string of the molecule is CCN(CCNC(=O)C1CS(=O)(=O)CC1C(F)(F)F)C1CC1. The van der Waals surface area contributed by atoms with E-state index in [0.717, 1.165) is 19.4 Å². The molecule has 9 heteroatoms. The van der Waals surface area contributed by atoms with Crippen molar-refractivity contribution in [3.05, 3.63) is 0 Å². The average Bonchev–Trinajstić information content (AvgIpc) is 3.16. The van der Waals surface area contributed by atoms with E-state index in [2.05, 4.69) is 10.2 Å². The summed E-state index contributed by atoms with van der Waals surface area (Å²) in [6.45, 7) is 3.63. The second-order valence-corrected chi connectivity index (χ2v) is 8.14. The molecule has 1 aliphatic heterocycles. The molecule has 2 aliphatic rings. The lowest BCUT2D eigenvalue weighted by molar-refractivity contribution is -0.181. The Bertz CT molecular complexity index is 517. The van der Waals surface area contributed by atoms with Gasteiger partial charge in [-0.25, -0.2) is 8.42 Å². The van der Waals surface area contributed by atoms with E-state index in [1.165, 1.54) is 0 Å². The molecule has 2 fully saturated rings. The van der Waals surface area contributed by atoms with E-state index in [-0.39, 0.29) is 6.54 Å². The topological polar surface area (TPSA) is 66.5 Å². The number of rotatable bonds is 6. The molecule has 0 aromatic heterocycles. The minimum absolute atomic E-state index is 0.240. The molecule has 1 amide bonds. The third-order valence-electron chi connectivity index (χ3n) is 4.28. The molecule has 0 aromatic rings. The van der Waals surface area contributed by atoms with E-state index in [1.54, 1.807) is 0 Å². The van der Waals surface area contributed by atoms with Crippen LogP contribution in [0.1, 0.15) is 19.8 Å². The van der Waals surface area contributed by atoms with Crippen LogP contribution in [0.5, 0.6) is 0 Å². The normalized spacial score (nSPS) is 28.0. The summed E-state index contributed by atoms with van der Waals surface area (Å²) < 4.78 is 61.5. The van der Waals surface area contributed by atoms with Crippen molar-refractivity contribution in [1.82, 2.24) is 10.2 Å². The molecule has 1 saturated carbocycles. The van der Waals surface area contributed by atoms with E-state index in [9.17, 15) is 26.4 Å². The van der Waals surface area contributed by atoms with E-state index < -0.39 is 45.3 Å².